The predicted molar refractivity (Wildman–Crippen MR) is 159 cm³/mol. The summed E-state index contributed by atoms with van der Waals surface area (Å²) in [5.74, 6) is 0.755. The fourth-order valence-electron chi connectivity index (χ4n) is 5.26. The van der Waals surface area contributed by atoms with Gasteiger partial charge in [0.2, 0.25) is 0 Å². The number of aromatic nitrogens is 3. The number of carbonyl (C=O) groups is 1. The lowest BCUT2D eigenvalue weighted by molar-refractivity contribution is 0.0950. The number of pyridine rings is 2. The molecule has 1 fully saturated rings. The number of benzene rings is 1. The van der Waals surface area contributed by atoms with Gasteiger partial charge in [-0.1, -0.05) is 13.3 Å². The zero-order valence-corrected chi connectivity index (χ0v) is 24.2. The summed E-state index contributed by atoms with van der Waals surface area (Å²) in [6.45, 7) is 12.0. The second-order valence-electron chi connectivity index (χ2n) is 10.4. The molecule has 8 nitrogen and oxygen atoms in total. The van der Waals surface area contributed by atoms with Gasteiger partial charge in [0.1, 0.15) is 5.82 Å². The second kappa shape index (κ2) is 11.3. The molecule has 0 unspecified atom stereocenters. The van der Waals surface area contributed by atoms with E-state index in [4.69, 9.17) is 9.97 Å². The molecule has 2 N–H and O–H groups in total. The molecule has 4 heterocycles. The van der Waals surface area contributed by atoms with Gasteiger partial charge in [-0.25, -0.2) is 9.97 Å². The summed E-state index contributed by atoms with van der Waals surface area (Å²) in [5, 5.41) is 3.96. The predicted octanol–water partition coefficient (Wildman–Crippen LogP) is 4.61. The van der Waals surface area contributed by atoms with E-state index < -0.39 is 0 Å². The third-order valence-corrected chi connectivity index (χ3v) is 8.47. The molecule has 0 bridgehead atoms. The number of nitrogens with zero attached hydrogens (tertiary/aromatic N) is 4. The van der Waals surface area contributed by atoms with Gasteiger partial charge < -0.3 is 20.1 Å². The van der Waals surface area contributed by atoms with E-state index in [2.05, 4.69) is 46.2 Å². The van der Waals surface area contributed by atoms with Crippen LogP contribution in [0.15, 0.2) is 35.3 Å². The maximum atomic E-state index is 13.5. The number of fused-ring (bicyclic) bond motifs is 1. The lowest BCUT2D eigenvalue weighted by Crippen LogP contribution is -2.44. The molecule has 0 radical (unpaired) electrons. The molecule has 5 rings (SSSR count). The molecule has 204 valence electrons. The number of likely N-dealkylation sites (N-methyl/N-ethyl adjacent to an activating group) is 1. The molecule has 0 atom stereocenters. The quantitative estimate of drug-likeness (QED) is 0.353. The van der Waals surface area contributed by atoms with Crippen LogP contribution in [0.1, 0.15) is 51.1 Å². The first-order chi connectivity index (χ1) is 18.7. The summed E-state index contributed by atoms with van der Waals surface area (Å²) >= 11 is 1.63. The van der Waals surface area contributed by atoms with Crippen LogP contribution in [-0.2, 0) is 13.0 Å². The van der Waals surface area contributed by atoms with Crippen LogP contribution in [0.3, 0.4) is 0 Å². The maximum absolute atomic E-state index is 13.5. The van der Waals surface area contributed by atoms with Crippen molar-refractivity contribution in [3.63, 3.8) is 0 Å². The van der Waals surface area contributed by atoms with Crippen LogP contribution >= 0.6 is 11.3 Å². The Morgan fingerprint density at radius 3 is 2.59 bits per heavy atom. The average molecular weight is 545 g/mol. The van der Waals surface area contributed by atoms with Gasteiger partial charge in [0, 0.05) is 66.9 Å². The number of carbonyl (C=O) groups excluding carboxylic acids is 1. The van der Waals surface area contributed by atoms with Gasteiger partial charge in [0.15, 0.2) is 0 Å². The number of thiazole rings is 1. The van der Waals surface area contributed by atoms with Crippen molar-refractivity contribution in [1.82, 2.24) is 25.2 Å². The molecule has 0 aliphatic carbocycles. The Kier molecular flexibility index (Phi) is 7.81. The minimum absolute atomic E-state index is 0.145. The number of aryl methyl sites for hydroxylation is 4. The number of piperazine rings is 1. The molecule has 1 saturated heterocycles. The van der Waals surface area contributed by atoms with E-state index in [0.29, 0.717) is 11.1 Å². The maximum Gasteiger partial charge on any atom is 0.253 e. The van der Waals surface area contributed by atoms with E-state index in [1.54, 1.807) is 11.3 Å². The Morgan fingerprint density at radius 2 is 1.90 bits per heavy atom. The van der Waals surface area contributed by atoms with Gasteiger partial charge in [-0.3, -0.25) is 9.59 Å². The van der Waals surface area contributed by atoms with Crippen molar-refractivity contribution < 1.29 is 4.79 Å². The zero-order chi connectivity index (χ0) is 27.7. The SMILES string of the molecule is CCCc1cc(C)[nH]c(=O)c1CNC(=O)c1cc(-c2ccc(N3CCN(C)CC3)nc2)c2sc(C)nc2c1C. The number of nitrogens with one attached hydrogen (secondary N) is 2. The summed E-state index contributed by atoms with van der Waals surface area (Å²) in [6, 6.07) is 8.10. The Bertz CT molecular complexity index is 1570. The van der Waals surface area contributed by atoms with Crippen molar-refractivity contribution in [3.8, 4) is 11.1 Å². The minimum atomic E-state index is -0.217. The Balaban J connectivity index is 1.46. The molecule has 39 heavy (non-hydrogen) atoms. The first-order valence-corrected chi connectivity index (χ1v) is 14.4. The van der Waals surface area contributed by atoms with Crippen LogP contribution in [0.4, 0.5) is 5.82 Å². The Morgan fingerprint density at radius 1 is 1.13 bits per heavy atom. The normalized spacial score (nSPS) is 14.2. The lowest BCUT2D eigenvalue weighted by atomic mass is 9.98. The summed E-state index contributed by atoms with van der Waals surface area (Å²) in [5.41, 5.74) is 6.42. The molecule has 1 amide bonds. The molecule has 3 aromatic heterocycles. The molecule has 0 spiro atoms. The third kappa shape index (κ3) is 5.60. The van der Waals surface area contributed by atoms with E-state index in [1.807, 2.05) is 39.1 Å². The first kappa shape index (κ1) is 27.0. The van der Waals surface area contributed by atoms with Crippen molar-refractivity contribution in [3.05, 3.63) is 73.8 Å². The third-order valence-electron chi connectivity index (χ3n) is 7.47. The Labute approximate surface area is 233 Å². The highest BCUT2D eigenvalue weighted by Crippen LogP contribution is 2.37. The zero-order valence-electron chi connectivity index (χ0n) is 23.4. The fraction of sp³-hybridized carbons (Fsp3) is 0.400. The summed E-state index contributed by atoms with van der Waals surface area (Å²) in [4.78, 5) is 43.3. The van der Waals surface area contributed by atoms with Crippen LogP contribution in [0.25, 0.3) is 21.3 Å². The average Bonchev–Trinajstić information content (AvgIpc) is 3.31. The van der Waals surface area contributed by atoms with Crippen molar-refractivity contribution in [2.24, 2.45) is 0 Å². The fourth-order valence-corrected chi connectivity index (χ4v) is 6.28. The number of amides is 1. The van der Waals surface area contributed by atoms with Crippen molar-refractivity contribution >= 4 is 33.3 Å². The number of H-pyrrole nitrogens is 1. The number of aromatic amines is 1. The molecule has 1 aliphatic rings. The molecule has 1 aromatic carbocycles. The molecule has 4 aromatic rings. The number of anilines is 1. The number of hydrogen-bond acceptors (Lipinski definition) is 7. The lowest BCUT2D eigenvalue weighted by Gasteiger charge is -2.33. The van der Waals surface area contributed by atoms with Crippen LogP contribution in [0, 0.1) is 20.8 Å². The van der Waals surface area contributed by atoms with Gasteiger partial charge >= 0.3 is 0 Å². The van der Waals surface area contributed by atoms with E-state index in [-0.39, 0.29) is 18.0 Å². The topological polar surface area (TPSA) is 94.2 Å². The standard InChI is InChI=1S/C30H36N6O2S/c1-6-7-21-14-18(2)33-30(38)25(21)17-32-29(37)23-15-24(28-27(19(23)3)34-20(4)39-28)22-8-9-26(31-16-22)36-12-10-35(5)11-13-36/h8-9,14-16H,6-7,10-13,17H2,1-5H3,(H,32,37)(H,33,38). The summed E-state index contributed by atoms with van der Waals surface area (Å²) < 4.78 is 1.05. The molecule has 9 heteroatoms. The summed E-state index contributed by atoms with van der Waals surface area (Å²) in [7, 11) is 2.14. The molecule has 1 aliphatic heterocycles. The van der Waals surface area contributed by atoms with E-state index in [1.165, 1.54) is 0 Å². The largest absolute Gasteiger partial charge is 0.354 e. The first-order valence-electron chi connectivity index (χ1n) is 13.6. The van der Waals surface area contributed by atoms with Crippen LogP contribution < -0.4 is 15.8 Å². The number of hydrogen-bond donors (Lipinski definition) is 2. The Hall–Kier alpha value is -3.56. The highest BCUT2D eigenvalue weighted by molar-refractivity contribution is 7.19. The van der Waals surface area contributed by atoms with E-state index in [0.717, 1.165) is 88.0 Å². The summed E-state index contributed by atoms with van der Waals surface area (Å²) in [6.07, 6.45) is 3.62. The van der Waals surface area contributed by atoms with Crippen molar-refractivity contribution in [1.29, 1.82) is 0 Å². The van der Waals surface area contributed by atoms with Gasteiger partial charge in [-0.2, -0.15) is 0 Å². The minimum Gasteiger partial charge on any atom is -0.354 e. The highest BCUT2D eigenvalue weighted by Gasteiger charge is 2.21. The number of rotatable bonds is 7. The van der Waals surface area contributed by atoms with Crippen LogP contribution in [0.5, 0.6) is 0 Å². The van der Waals surface area contributed by atoms with E-state index >= 15 is 0 Å². The van der Waals surface area contributed by atoms with Crippen molar-refractivity contribution in [2.75, 3.05) is 38.1 Å². The molecular formula is C30H36N6O2S. The molecular weight excluding hydrogens is 508 g/mol. The molecule has 0 saturated carbocycles. The smallest absolute Gasteiger partial charge is 0.253 e. The highest BCUT2D eigenvalue weighted by atomic mass is 32.1. The van der Waals surface area contributed by atoms with Crippen LogP contribution in [0.2, 0.25) is 0 Å². The monoisotopic (exact) mass is 544 g/mol. The van der Waals surface area contributed by atoms with Crippen LogP contribution in [-0.4, -0.2) is 59.0 Å². The van der Waals surface area contributed by atoms with Gasteiger partial charge in [-0.15, -0.1) is 11.3 Å². The van der Waals surface area contributed by atoms with Gasteiger partial charge in [0.25, 0.3) is 11.5 Å². The van der Waals surface area contributed by atoms with Gasteiger partial charge in [0.05, 0.1) is 15.2 Å². The van der Waals surface area contributed by atoms with Crippen molar-refractivity contribution in [2.45, 2.75) is 47.1 Å². The van der Waals surface area contributed by atoms with E-state index in [9.17, 15) is 9.59 Å². The van der Waals surface area contributed by atoms with Gasteiger partial charge in [-0.05, 0) is 69.6 Å². The second-order valence-corrected chi connectivity index (χ2v) is 11.6.